The van der Waals surface area contributed by atoms with E-state index in [4.69, 9.17) is 6.42 Å². The third kappa shape index (κ3) is 3.31. The van der Waals surface area contributed by atoms with Gasteiger partial charge >= 0.3 is 0 Å². The van der Waals surface area contributed by atoms with E-state index in [2.05, 4.69) is 5.92 Å². The standard InChI is InChI=1S/C12H14O/c1-2-3-5-10-12(13)11-8-6-4-7-9-11/h1,4,6-9,12-13H,3,5,10H2/t12-/m0/s1. The molecule has 1 aromatic rings. The van der Waals surface area contributed by atoms with Crippen LogP contribution in [0.25, 0.3) is 0 Å². The van der Waals surface area contributed by atoms with Crippen LogP contribution in [0, 0.1) is 12.3 Å². The van der Waals surface area contributed by atoms with E-state index in [9.17, 15) is 5.11 Å². The Morgan fingerprint density at radius 2 is 2.00 bits per heavy atom. The summed E-state index contributed by atoms with van der Waals surface area (Å²) in [6, 6.07) is 9.66. The minimum Gasteiger partial charge on any atom is -0.388 e. The van der Waals surface area contributed by atoms with E-state index < -0.39 is 0 Å². The summed E-state index contributed by atoms with van der Waals surface area (Å²) in [4.78, 5) is 0. The van der Waals surface area contributed by atoms with Crippen molar-refractivity contribution in [3.8, 4) is 12.3 Å². The Morgan fingerprint density at radius 1 is 1.31 bits per heavy atom. The van der Waals surface area contributed by atoms with Crippen molar-refractivity contribution in [1.82, 2.24) is 0 Å². The minimum atomic E-state index is -0.366. The maximum absolute atomic E-state index is 9.68. The van der Waals surface area contributed by atoms with Crippen molar-refractivity contribution in [3.05, 3.63) is 35.9 Å². The highest BCUT2D eigenvalue weighted by Crippen LogP contribution is 2.17. The molecule has 0 radical (unpaired) electrons. The van der Waals surface area contributed by atoms with Gasteiger partial charge in [0, 0.05) is 6.42 Å². The topological polar surface area (TPSA) is 20.2 Å². The molecule has 0 saturated heterocycles. The molecule has 1 aromatic carbocycles. The Balaban J connectivity index is 2.41. The van der Waals surface area contributed by atoms with E-state index in [0.29, 0.717) is 0 Å². The van der Waals surface area contributed by atoms with Gasteiger partial charge in [-0.25, -0.2) is 0 Å². The highest BCUT2D eigenvalue weighted by atomic mass is 16.3. The van der Waals surface area contributed by atoms with E-state index in [1.807, 2.05) is 30.3 Å². The van der Waals surface area contributed by atoms with Crippen molar-refractivity contribution in [3.63, 3.8) is 0 Å². The smallest absolute Gasteiger partial charge is 0.0790 e. The second-order valence-electron chi connectivity index (χ2n) is 3.02. The lowest BCUT2D eigenvalue weighted by atomic mass is 10.0. The van der Waals surface area contributed by atoms with Gasteiger partial charge in [0.1, 0.15) is 0 Å². The van der Waals surface area contributed by atoms with Crippen LogP contribution in [0.15, 0.2) is 30.3 Å². The molecule has 0 aromatic heterocycles. The Morgan fingerprint density at radius 3 is 2.62 bits per heavy atom. The molecule has 1 rings (SSSR count). The number of rotatable bonds is 4. The number of hydrogen-bond acceptors (Lipinski definition) is 1. The Kier molecular flexibility index (Phi) is 4.08. The van der Waals surface area contributed by atoms with Crippen molar-refractivity contribution in [1.29, 1.82) is 0 Å². The van der Waals surface area contributed by atoms with E-state index in [1.54, 1.807) is 0 Å². The molecular formula is C12H14O. The van der Waals surface area contributed by atoms with E-state index in [1.165, 1.54) is 0 Å². The summed E-state index contributed by atoms with van der Waals surface area (Å²) in [5.41, 5.74) is 0.972. The monoisotopic (exact) mass is 174 g/mol. The molecule has 1 atom stereocenters. The first-order valence-corrected chi connectivity index (χ1v) is 4.51. The zero-order valence-corrected chi connectivity index (χ0v) is 7.61. The largest absolute Gasteiger partial charge is 0.388 e. The van der Waals surface area contributed by atoms with Crippen LogP contribution in [0.5, 0.6) is 0 Å². The fourth-order valence-electron chi connectivity index (χ4n) is 1.24. The molecule has 1 heteroatoms. The van der Waals surface area contributed by atoms with Crippen molar-refractivity contribution in [2.75, 3.05) is 0 Å². The zero-order chi connectivity index (χ0) is 9.52. The Labute approximate surface area is 79.4 Å². The summed E-state index contributed by atoms with van der Waals surface area (Å²) < 4.78 is 0. The predicted octanol–water partition coefficient (Wildman–Crippen LogP) is 2.52. The second kappa shape index (κ2) is 5.40. The van der Waals surface area contributed by atoms with Gasteiger partial charge in [0.05, 0.1) is 6.10 Å². The van der Waals surface area contributed by atoms with Gasteiger partial charge in [0.25, 0.3) is 0 Å². The van der Waals surface area contributed by atoms with Crippen LogP contribution in [0.2, 0.25) is 0 Å². The Bertz CT molecular complexity index is 271. The summed E-state index contributed by atoms with van der Waals surface area (Å²) in [5, 5.41) is 9.68. The van der Waals surface area contributed by atoms with Crippen LogP contribution < -0.4 is 0 Å². The van der Waals surface area contributed by atoms with E-state index >= 15 is 0 Å². The first-order chi connectivity index (χ1) is 6.34. The van der Waals surface area contributed by atoms with Gasteiger partial charge in [-0.1, -0.05) is 30.3 Å². The van der Waals surface area contributed by atoms with Crippen LogP contribution in [-0.2, 0) is 0 Å². The molecule has 0 saturated carbocycles. The molecule has 0 aliphatic heterocycles. The summed E-state index contributed by atoms with van der Waals surface area (Å²) in [7, 11) is 0. The van der Waals surface area contributed by atoms with Crippen molar-refractivity contribution in [2.45, 2.75) is 25.4 Å². The lowest BCUT2D eigenvalue weighted by Crippen LogP contribution is -1.96. The second-order valence-corrected chi connectivity index (χ2v) is 3.02. The maximum Gasteiger partial charge on any atom is 0.0790 e. The lowest BCUT2D eigenvalue weighted by molar-refractivity contribution is 0.165. The number of aliphatic hydroxyl groups excluding tert-OH is 1. The molecule has 0 aliphatic rings. The van der Waals surface area contributed by atoms with Crippen molar-refractivity contribution < 1.29 is 5.11 Å². The molecule has 68 valence electrons. The molecule has 0 unspecified atom stereocenters. The van der Waals surface area contributed by atoms with E-state index in [-0.39, 0.29) is 6.10 Å². The first-order valence-electron chi connectivity index (χ1n) is 4.51. The molecule has 0 bridgehead atoms. The third-order valence-electron chi connectivity index (χ3n) is 1.98. The molecule has 0 amide bonds. The maximum atomic E-state index is 9.68. The zero-order valence-electron chi connectivity index (χ0n) is 7.61. The fourth-order valence-corrected chi connectivity index (χ4v) is 1.24. The highest BCUT2D eigenvalue weighted by molar-refractivity contribution is 5.17. The summed E-state index contributed by atoms with van der Waals surface area (Å²) in [6.07, 6.45) is 7.12. The van der Waals surface area contributed by atoms with Gasteiger partial charge < -0.3 is 5.11 Å². The molecule has 13 heavy (non-hydrogen) atoms. The molecule has 1 nitrogen and oxygen atoms in total. The third-order valence-corrected chi connectivity index (χ3v) is 1.98. The lowest BCUT2D eigenvalue weighted by Gasteiger charge is -2.08. The number of unbranched alkanes of at least 4 members (excludes halogenated alkanes) is 1. The van der Waals surface area contributed by atoms with Crippen LogP contribution in [0.3, 0.4) is 0 Å². The average Bonchev–Trinajstić information content (AvgIpc) is 2.19. The fraction of sp³-hybridized carbons (Fsp3) is 0.333. The van der Waals surface area contributed by atoms with Crippen molar-refractivity contribution >= 4 is 0 Å². The number of hydrogen-bond donors (Lipinski definition) is 1. The average molecular weight is 174 g/mol. The van der Waals surface area contributed by atoms with Gasteiger partial charge in [-0.15, -0.1) is 12.3 Å². The van der Waals surface area contributed by atoms with Crippen LogP contribution >= 0.6 is 0 Å². The number of aliphatic hydroxyl groups is 1. The summed E-state index contributed by atoms with van der Waals surface area (Å²) >= 11 is 0. The normalized spacial score (nSPS) is 12.0. The van der Waals surface area contributed by atoms with Crippen LogP contribution in [-0.4, -0.2) is 5.11 Å². The molecule has 0 heterocycles. The molecule has 0 aliphatic carbocycles. The van der Waals surface area contributed by atoms with Crippen molar-refractivity contribution in [2.24, 2.45) is 0 Å². The van der Waals surface area contributed by atoms with Gasteiger partial charge in [-0.3, -0.25) is 0 Å². The quantitative estimate of drug-likeness (QED) is 0.549. The van der Waals surface area contributed by atoms with Gasteiger partial charge in [0.2, 0.25) is 0 Å². The van der Waals surface area contributed by atoms with E-state index in [0.717, 1.165) is 24.8 Å². The SMILES string of the molecule is C#CCCC[C@H](O)c1ccccc1. The predicted molar refractivity (Wildman–Crippen MR) is 54.1 cm³/mol. The molecule has 0 fully saturated rings. The molecule has 1 N–H and O–H groups in total. The summed E-state index contributed by atoms with van der Waals surface area (Å²) in [5.74, 6) is 2.56. The van der Waals surface area contributed by atoms with Crippen LogP contribution in [0.4, 0.5) is 0 Å². The first kappa shape index (κ1) is 9.83. The highest BCUT2D eigenvalue weighted by Gasteiger charge is 2.04. The summed E-state index contributed by atoms with van der Waals surface area (Å²) in [6.45, 7) is 0. The van der Waals surface area contributed by atoms with Crippen LogP contribution in [0.1, 0.15) is 30.9 Å². The number of terminal acetylenes is 1. The Hall–Kier alpha value is -1.26. The molecular weight excluding hydrogens is 160 g/mol. The van der Waals surface area contributed by atoms with Gasteiger partial charge in [0.15, 0.2) is 0 Å². The molecule has 0 spiro atoms. The van der Waals surface area contributed by atoms with Gasteiger partial charge in [-0.05, 0) is 18.4 Å². The minimum absolute atomic E-state index is 0.366. The van der Waals surface area contributed by atoms with Gasteiger partial charge in [-0.2, -0.15) is 0 Å². The number of benzene rings is 1.